The second kappa shape index (κ2) is 4.81. The zero-order valence-corrected chi connectivity index (χ0v) is 14.2. The summed E-state index contributed by atoms with van der Waals surface area (Å²) >= 11 is 7.67. The monoisotopic (exact) mass is 332 g/mol. The highest BCUT2D eigenvalue weighted by atomic mass is 35.5. The predicted molar refractivity (Wildman–Crippen MR) is 88.0 cm³/mol. The van der Waals surface area contributed by atoms with Crippen LogP contribution in [0.25, 0.3) is 4.85 Å². The van der Waals surface area contributed by atoms with Gasteiger partial charge in [0, 0.05) is 16.8 Å². The Morgan fingerprint density at radius 3 is 2.59 bits per heavy atom. The average molecular weight is 333 g/mol. The highest BCUT2D eigenvalue weighted by Gasteiger charge is 2.41. The quantitative estimate of drug-likeness (QED) is 0.731. The van der Waals surface area contributed by atoms with Crippen molar-refractivity contribution in [3.63, 3.8) is 0 Å². The number of hydrogen-bond acceptors (Lipinski definition) is 3. The van der Waals surface area contributed by atoms with Gasteiger partial charge in [-0.2, -0.15) is 0 Å². The van der Waals surface area contributed by atoms with Crippen molar-refractivity contribution in [2.45, 2.75) is 56.9 Å². The van der Waals surface area contributed by atoms with Crippen LogP contribution >= 0.6 is 22.9 Å². The maximum Gasteiger partial charge on any atom is 0.216 e. The van der Waals surface area contributed by atoms with Gasteiger partial charge in [0.2, 0.25) is 5.69 Å². The van der Waals surface area contributed by atoms with Crippen LogP contribution in [0.1, 0.15) is 68.0 Å². The van der Waals surface area contributed by atoms with Crippen molar-refractivity contribution in [1.82, 2.24) is 14.8 Å². The lowest BCUT2D eigenvalue weighted by Crippen LogP contribution is -2.23. The Balaban J connectivity index is 1.81. The van der Waals surface area contributed by atoms with Crippen LogP contribution in [-0.2, 0) is 5.41 Å². The van der Waals surface area contributed by atoms with Crippen LogP contribution in [0.2, 0.25) is 4.34 Å². The molecule has 0 N–H and O–H groups in total. The van der Waals surface area contributed by atoms with Crippen molar-refractivity contribution < 1.29 is 0 Å². The number of hydrogen-bond donors (Lipinski definition) is 0. The van der Waals surface area contributed by atoms with Gasteiger partial charge in [0.15, 0.2) is 0 Å². The first-order valence-corrected chi connectivity index (χ1v) is 8.84. The summed E-state index contributed by atoms with van der Waals surface area (Å²) in [6.07, 6.45) is 4.91. The van der Waals surface area contributed by atoms with E-state index < -0.39 is 0 Å². The van der Waals surface area contributed by atoms with Gasteiger partial charge in [-0.15, -0.1) is 21.5 Å². The second-order valence-electron chi connectivity index (χ2n) is 6.76. The Labute approximate surface area is 138 Å². The fourth-order valence-electron chi connectivity index (χ4n) is 2.90. The van der Waals surface area contributed by atoms with E-state index in [0.717, 1.165) is 10.7 Å². The summed E-state index contributed by atoms with van der Waals surface area (Å²) in [6.45, 7) is 11.5. The summed E-state index contributed by atoms with van der Waals surface area (Å²) < 4.78 is 2.95. The lowest BCUT2D eigenvalue weighted by Gasteiger charge is -2.24. The molecule has 0 bridgehead atoms. The summed E-state index contributed by atoms with van der Waals surface area (Å²) in [6, 6.07) is 2.47. The number of thiophene rings is 1. The summed E-state index contributed by atoms with van der Waals surface area (Å²) in [5, 5.41) is 9.06. The molecule has 2 aliphatic rings. The molecule has 114 valence electrons. The molecule has 2 heterocycles. The van der Waals surface area contributed by atoms with Crippen LogP contribution in [0.15, 0.2) is 6.07 Å². The topological polar surface area (TPSA) is 35.1 Å². The molecule has 0 saturated heterocycles. The molecule has 4 nitrogen and oxygen atoms in total. The van der Waals surface area contributed by atoms with Crippen LogP contribution in [0, 0.1) is 6.57 Å². The van der Waals surface area contributed by atoms with E-state index >= 15 is 0 Å². The zero-order valence-electron chi connectivity index (χ0n) is 12.6. The second-order valence-corrected chi connectivity index (χ2v) is 8.42. The first kappa shape index (κ1) is 14.2. The maximum absolute atomic E-state index is 7.21. The summed E-state index contributed by atoms with van der Waals surface area (Å²) in [7, 11) is 0. The molecule has 0 aromatic carbocycles. The molecule has 0 aliphatic heterocycles. The minimum atomic E-state index is -0.278. The standard InChI is InChI=1S/C16H17ClN4S/c1-16(2,12-8-11(18-3)13(17)22-12)15-20-19-14(9-4-5-9)21(15)10-6-7-10/h8-10H,4-7H2,1-2H3. The van der Waals surface area contributed by atoms with Crippen LogP contribution in [0.4, 0.5) is 5.69 Å². The Bertz CT molecular complexity index is 775. The van der Waals surface area contributed by atoms with Crippen molar-refractivity contribution in [2.24, 2.45) is 0 Å². The largest absolute Gasteiger partial charge is 0.311 e. The Kier molecular flexibility index (Phi) is 3.11. The Morgan fingerprint density at radius 2 is 2.05 bits per heavy atom. The van der Waals surface area contributed by atoms with Gasteiger partial charge in [0.05, 0.1) is 16.3 Å². The van der Waals surface area contributed by atoms with E-state index in [-0.39, 0.29) is 5.41 Å². The van der Waals surface area contributed by atoms with Crippen LogP contribution in [0.5, 0.6) is 0 Å². The third-order valence-corrected chi connectivity index (χ3v) is 6.20. The lowest BCUT2D eigenvalue weighted by atomic mass is 9.90. The Morgan fingerprint density at radius 1 is 1.32 bits per heavy atom. The van der Waals surface area contributed by atoms with Crippen LogP contribution in [-0.4, -0.2) is 14.8 Å². The van der Waals surface area contributed by atoms with Gasteiger partial charge in [-0.05, 0) is 45.6 Å². The third-order valence-electron chi connectivity index (χ3n) is 4.54. The molecule has 0 atom stereocenters. The van der Waals surface area contributed by atoms with Gasteiger partial charge in [0.25, 0.3) is 0 Å². The highest BCUT2D eigenvalue weighted by molar-refractivity contribution is 7.17. The van der Waals surface area contributed by atoms with Gasteiger partial charge in [-0.25, -0.2) is 4.85 Å². The van der Waals surface area contributed by atoms with E-state index in [1.165, 1.54) is 42.8 Å². The molecule has 0 spiro atoms. The SMILES string of the molecule is [C-]#[N+]c1cc(C(C)(C)c2nnc(C3CC3)n2C2CC2)sc1Cl. The molecule has 4 rings (SSSR count). The van der Waals surface area contributed by atoms with E-state index in [1.54, 1.807) is 0 Å². The minimum absolute atomic E-state index is 0.278. The van der Waals surface area contributed by atoms with Crippen LogP contribution < -0.4 is 0 Å². The van der Waals surface area contributed by atoms with Crippen molar-refractivity contribution >= 4 is 28.6 Å². The molecule has 2 fully saturated rings. The molecule has 2 aliphatic carbocycles. The summed E-state index contributed by atoms with van der Waals surface area (Å²) in [5.41, 5.74) is 0.259. The van der Waals surface area contributed by atoms with Crippen LogP contribution in [0.3, 0.4) is 0 Å². The first-order valence-electron chi connectivity index (χ1n) is 7.65. The number of rotatable bonds is 4. The molecule has 0 unspecified atom stereocenters. The number of halogens is 1. The molecule has 2 aromatic rings. The normalized spacial score (nSPS) is 18.5. The summed E-state index contributed by atoms with van der Waals surface area (Å²) in [5.74, 6) is 2.79. The fraction of sp³-hybridized carbons (Fsp3) is 0.562. The van der Waals surface area contributed by atoms with Gasteiger partial charge < -0.3 is 4.57 Å². The predicted octanol–water partition coefficient (Wildman–Crippen LogP) is 5.08. The lowest BCUT2D eigenvalue weighted by molar-refractivity contribution is 0.533. The van der Waals surface area contributed by atoms with E-state index in [4.69, 9.17) is 18.2 Å². The highest BCUT2D eigenvalue weighted by Crippen LogP contribution is 2.48. The first-order chi connectivity index (χ1) is 10.5. The van der Waals surface area contributed by atoms with Crippen molar-refractivity contribution in [3.05, 3.63) is 38.3 Å². The number of nitrogens with zero attached hydrogens (tertiary/aromatic N) is 4. The molecule has 0 amide bonds. The van der Waals surface area contributed by atoms with Gasteiger partial charge >= 0.3 is 0 Å². The molecular weight excluding hydrogens is 316 g/mol. The van der Waals surface area contributed by atoms with Crippen molar-refractivity contribution in [2.75, 3.05) is 0 Å². The molecule has 6 heteroatoms. The minimum Gasteiger partial charge on any atom is -0.311 e. The third kappa shape index (κ3) is 2.17. The molecule has 2 saturated carbocycles. The molecule has 0 radical (unpaired) electrons. The van der Waals surface area contributed by atoms with Gasteiger partial charge in [-0.3, -0.25) is 0 Å². The van der Waals surface area contributed by atoms with Gasteiger partial charge in [0.1, 0.15) is 11.6 Å². The fourth-order valence-corrected chi connectivity index (χ4v) is 4.16. The maximum atomic E-state index is 7.21. The zero-order chi connectivity index (χ0) is 15.5. The molecule has 22 heavy (non-hydrogen) atoms. The summed E-state index contributed by atoms with van der Waals surface area (Å²) in [4.78, 5) is 4.58. The van der Waals surface area contributed by atoms with E-state index in [0.29, 0.717) is 22.0 Å². The van der Waals surface area contributed by atoms with Crippen molar-refractivity contribution in [1.29, 1.82) is 0 Å². The van der Waals surface area contributed by atoms with Gasteiger partial charge in [-0.1, -0.05) is 11.6 Å². The number of aromatic nitrogens is 3. The van der Waals surface area contributed by atoms with E-state index in [1.807, 2.05) is 6.07 Å². The molecular formula is C16H17ClN4S. The molecule has 2 aromatic heterocycles. The smallest absolute Gasteiger partial charge is 0.216 e. The van der Waals surface area contributed by atoms with E-state index in [9.17, 15) is 0 Å². The van der Waals surface area contributed by atoms with Crippen molar-refractivity contribution in [3.8, 4) is 0 Å². The average Bonchev–Trinajstić information content (AvgIpc) is 3.42. The Hall–Kier alpha value is -1.38. The van der Waals surface area contributed by atoms with E-state index in [2.05, 4.69) is 33.5 Å².